The molecule has 0 radical (unpaired) electrons. The quantitative estimate of drug-likeness (QED) is 0.704. The highest BCUT2D eigenvalue weighted by molar-refractivity contribution is 5.94. The highest BCUT2D eigenvalue weighted by Gasteiger charge is 2.15. The molecule has 0 aliphatic carbocycles. The molecule has 0 saturated carbocycles. The average Bonchev–Trinajstić information content (AvgIpc) is 3.13. The van der Waals surface area contributed by atoms with Crippen LogP contribution in [0.15, 0.2) is 48.5 Å². The first kappa shape index (κ1) is 17.6. The molecule has 1 heterocycles. The van der Waals surface area contributed by atoms with Crippen LogP contribution in [0.3, 0.4) is 0 Å². The second-order valence-corrected chi connectivity index (χ2v) is 5.59. The summed E-state index contributed by atoms with van der Waals surface area (Å²) in [4.78, 5) is 23.8. The van der Waals surface area contributed by atoms with Crippen molar-refractivity contribution in [1.29, 1.82) is 0 Å². The van der Waals surface area contributed by atoms with Crippen LogP contribution < -0.4 is 24.8 Å². The molecule has 0 saturated heterocycles. The molecule has 7 heteroatoms. The van der Waals surface area contributed by atoms with E-state index in [0.29, 0.717) is 36.8 Å². The highest BCUT2D eigenvalue weighted by Crippen LogP contribution is 2.32. The Bertz CT molecular complexity index is 764. The van der Waals surface area contributed by atoms with Gasteiger partial charge in [0.1, 0.15) is 5.75 Å². The predicted octanol–water partition coefficient (Wildman–Crippen LogP) is 1.73. The third kappa shape index (κ3) is 4.89. The van der Waals surface area contributed by atoms with Crippen LogP contribution in [0, 0.1) is 0 Å². The lowest BCUT2D eigenvalue weighted by Crippen LogP contribution is -2.35. The van der Waals surface area contributed by atoms with Crippen LogP contribution in [0.25, 0.3) is 0 Å². The van der Waals surface area contributed by atoms with Crippen LogP contribution in [0.5, 0.6) is 17.2 Å². The lowest BCUT2D eigenvalue weighted by atomic mass is 10.2. The van der Waals surface area contributed by atoms with Gasteiger partial charge in [0.05, 0.1) is 13.0 Å². The topological polar surface area (TPSA) is 85.9 Å². The molecule has 2 aromatic rings. The lowest BCUT2D eigenvalue weighted by molar-refractivity contribution is -0.121. The van der Waals surface area contributed by atoms with Crippen LogP contribution in [-0.4, -0.2) is 38.3 Å². The van der Waals surface area contributed by atoms with Gasteiger partial charge in [0.15, 0.2) is 11.5 Å². The molecule has 0 fully saturated rings. The minimum Gasteiger partial charge on any atom is -0.493 e. The Morgan fingerprint density at radius 1 is 0.962 bits per heavy atom. The molecule has 136 valence electrons. The SMILES string of the molecule is O=C(CCOc1ccccc1)NCCNC(=O)c1ccc2c(c1)OCO2. The van der Waals surface area contributed by atoms with Crippen LogP contribution in [0.2, 0.25) is 0 Å². The van der Waals surface area contributed by atoms with Gasteiger partial charge in [0.25, 0.3) is 5.91 Å². The number of ether oxygens (including phenoxy) is 3. The van der Waals surface area contributed by atoms with E-state index in [0.717, 1.165) is 5.75 Å². The first-order chi connectivity index (χ1) is 12.7. The lowest BCUT2D eigenvalue weighted by Gasteiger charge is -2.08. The van der Waals surface area contributed by atoms with Crippen LogP contribution >= 0.6 is 0 Å². The van der Waals surface area contributed by atoms with Gasteiger partial charge in [-0.15, -0.1) is 0 Å². The molecule has 7 nitrogen and oxygen atoms in total. The van der Waals surface area contributed by atoms with Crippen LogP contribution in [-0.2, 0) is 4.79 Å². The number of fused-ring (bicyclic) bond motifs is 1. The zero-order valence-corrected chi connectivity index (χ0v) is 14.2. The monoisotopic (exact) mass is 356 g/mol. The molecule has 1 aliphatic rings. The molecule has 0 aromatic heterocycles. The molecule has 0 bridgehead atoms. The van der Waals surface area contributed by atoms with E-state index in [-0.39, 0.29) is 25.0 Å². The summed E-state index contributed by atoms with van der Waals surface area (Å²) in [5.41, 5.74) is 0.483. The zero-order valence-electron chi connectivity index (χ0n) is 14.2. The van der Waals surface area contributed by atoms with Crippen molar-refractivity contribution in [2.24, 2.45) is 0 Å². The second-order valence-electron chi connectivity index (χ2n) is 5.59. The summed E-state index contributed by atoms with van der Waals surface area (Å²) in [6, 6.07) is 14.3. The number of para-hydroxylation sites is 1. The number of amides is 2. The summed E-state index contributed by atoms with van der Waals surface area (Å²) >= 11 is 0. The molecule has 0 atom stereocenters. The smallest absolute Gasteiger partial charge is 0.251 e. The minimum atomic E-state index is -0.232. The summed E-state index contributed by atoms with van der Waals surface area (Å²) in [5.74, 6) is 1.57. The van der Waals surface area contributed by atoms with Gasteiger partial charge in [-0.25, -0.2) is 0 Å². The van der Waals surface area contributed by atoms with Crippen LogP contribution in [0.4, 0.5) is 0 Å². The van der Waals surface area contributed by atoms with Crippen molar-refractivity contribution in [3.8, 4) is 17.2 Å². The molecule has 26 heavy (non-hydrogen) atoms. The Kier molecular flexibility index (Phi) is 5.92. The predicted molar refractivity (Wildman–Crippen MR) is 94.5 cm³/mol. The van der Waals surface area contributed by atoms with E-state index >= 15 is 0 Å². The molecule has 0 unspecified atom stereocenters. The maximum atomic E-state index is 12.1. The Balaban J connectivity index is 1.31. The van der Waals surface area contributed by atoms with Crippen molar-refractivity contribution in [2.75, 3.05) is 26.5 Å². The Morgan fingerprint density at radius 3 is 2.58 bits per heavy atom. The van der Waals surface area contributed by atoms with Gasteiger partial charge in [-0.1, -0.05) is 18.2 Å². The highest BCUT2D eigenvalue weighted by atomic mass is 16.7. The number of benzene rings is 2. The Hall–Kier alpha value is -3.22. The van der Waals surface area contributed by atoms with E-state index in [1.807, 2.05) is 30.3 Å². The number of nitrogens with one attached hydrogen (secondary N) is 2. The fourth-order valence-electron chi connectivity index (χ4n) is 2.38. The molecule has 2 amide bonds. The maximum absolute atomic E-state index is 12.1. The molecule has 2 aromatic carbocycles. The van der Waals surface area contributed by atoms with Crippen molar-refractivity contribution >= 4 is 11.8 Å². The molecular weight excluding hydrogens is 336 g/mol. The van der Waals surface area contributed by atoms with Gasteiger partial charge in [-0.3, -0.25) is 9.59 Å². The minimum absolute atomic E-state index is 0.127. The summed E-state index contributed by atoms with van der Waals surface area (Å²) in [5, 5.41) is 5.49. The van der Waals surface area contributed by atoms with Crippen molar-refractivity contribution in [2.45, 2.75) is 6.42 Å². The fraction of sp³-hybridized carbons (Fsp3) is 0.263. The van der Waals surface area contributed by atoms with Gasteiger partial charge in [0, 0.05) is 18.7 Å². The summed E-state index contributed by atoms with van der Waals surface area (Å²) in [6.07, 6.45) is 0.255. The molecule has 3 rings (SSSR count). The van der Waals surface area contributed by atoms with Gasteiger partial charge in [0.2, 0.25) is 12.7 Å². The summed E-state index contributed by atoms with van der Waals surface area (Å²) in [6.45, 7) is 1.15. The normalized spacial score (nSPS) is 11.7. The third-order valence-electron chi connectivity index (χ3n) is 3.71. The van der Waals surface area contributed by atoms with E-state index in [2.05, 4.69) is 10.6 Å². The Morgan fingerprint density at radius 2 is 1.73 bits per heavy atom. The van der Waals surface area contributed by atoms with E-state index in [9.17, 15) is 9.59 Å². The second kappa shape index (κ2) is 8.75. The summed E-state index contributed by atoms with van der Waals surface area (Å²) < 4.78 is 15.9. The van der Waals surface area contributed by atoms with Crippen molar-refractivity contribution in [3.63, 3.8) is 0 Å². The maximum Gasteiger partial charge on any atom is 0.251 e. The van der Waals surface area contributed by atoms with Crippen LogP contribution in [0.1, 0.15) is 16.8 Å². The fourth-order valence-corrected chi connectivity index (χ4v) is 2.38. The molecule has 0 spiro atoms. The number of hydrogen-bond donors (Lipinski definition) is 2. The number of hydrogen-bond acceptors (Lipinski definition) is 5. The average molecular weight is 356 g/mol. The van der Waals surface area contributed by atoms with Gasteiger partial charge in [-0.2, -0.15) is 0 Å². The van der Waals surface area contributed by atoms with E-state index in [1.165, 1.54) is 0 Å². The van der Waals surface area contributed by atoms with E-state index in [1.54, 1.807) is 18.2 Å². The van der Waals surface area contributed by atoms with E-state index in [4.69, 9.17) is 14.2 Å². The number of carbonyl (C=O) groups is 2. The van der Waals surface area contributed by atoms with Crippen molar-refractivity contribution < 1.29 is 23.8 Å². The van der Waals surface area contributed by atoms with Crippen molar-refractivity contribution in [1.82, 2.24) is 10.6 Å². The number of carbonyl (C=O) groups excluding carboxylic acids is 2. The van der Waals surface area contributed by atoms with E-state index < -0.39 is 0 Å². The number of rotatable bonds is 8. The zero-order chi connectivity index (χ0) is 18.2. The van der Waals surface area contributed by atoms with Gasteiger partial charge in [-0.05, 0) is 30.3 Å². The first-order valence-corrected chi connectivity index (χ1v) is 8.35. The van der Waals surface area contributed by atoms with Gasteiger partial charge >= 0.3 is 0 Å². The molecular formula is C19H20N2O5. The molecule has 2 N–H and O–H groups in total. The summed E-state index contributed by atoms with van der Waals surface area (Å²) in [7, 11) is 0. The van der Waals surface area contributed by atoms with Gasteiger partial charge < -0.3 is 24.8 Å². The largest absolute Gasteiger partial charge is 0.493 e. The standard InChI is InChI=1S/C19H20N2O5/c22-18(8-11-24-15-4-2-1-3-5-15)20-9-10-21-19(23)14-6-7-16-17(12-14)26-13-25-16/h1-7,12H,8-11,13H2,(H,20,22)(H,21,23). The first-order valence-electron chi connectivity index (χ1n) is 8.35. The Labute approximate surface area is 151 Å². The molecule has 1 aliphatic heterocycles. The third-order valence-corrected chi connectivity index (χ3v) is 3.71. The van der Waals surface area contributed by atoms with Crippen molar-refractivity contribution in [3.05, 3.63) is 54.1 Å².